The van der Waals surface area contributed by atoms with Crippen LogP contribution >= 0.6 is 23.2 Å². The fourth-order valence-corrected chi connectivity index (χ4v) is 4.15. The minimum Gasteiger partial charge on any atom is -0.496 e. The van der Waals surface area contributed by atoms with Gasteiger partial charge in [-0.05, 0) is 53.1 Å². The van der Waals surface area contributed by atoms with Crippen LogP contribution in [0.5, 0.6) is 11.5 Å². The van der Waals surface area contributed by atoms with Gasteiger partial charge < -0.3 is 9.47 Å². The van der Waals surface area contributed by atoms with Crippen LogP contribution in [0.25, 0.3) is 10.8 Å². The number of hydrogen-bond donors (Lipinski definition) is 1. The van der Waals surface area contributed by atoms with Crippen LogP contribution in [-0.2, 0) is 6.61 Å². The van der Waals surface area contributed by atoms with Crippen LogP contribution < -0.4 is 14.9 Å². The predicted molar refractivity (Wildman–Crippen MR) is 138 cm³/mol. The van der Waals surface area contributed by atoms with Gasteiger partial charge >= 0.3 is 0 Å². The second-order valence-electron chi connectivity index (χ2n) is 7.69. The Bertz CT molecular complexity index is 1360. The van der Waals surface area contributed by atoms with E-state index in [0.717, 1.165) is 21.9 Å². The number of ether oxygens (including phenoxy) is 2. The zero-order chi connectivity index (χ0) is 24.1. The molecular weight excluding hydrogens is 471 g/mol. The summed E-state index contributed by atoms with van der Waals surface area (Å²) in [6.07, 6.45) is 1.47. The summed E-state index contributed by atoms with van der Waals surface area (Å²) in [6.45, 7) is 2.37. The number of rotatable bonds is 7. The number of carbonyl (C=O) groups excluding carboxylic acids is 1. The monoisotopic (exact) mass is 492 g/mol. The van der Waals surface area contributed by atoms with Crippen molar-refractivity contribution in [2.75, 3.05) is 7.11 Å². The normalized spacial score (nSPS) is 11.1. The van der Waals surface area contributed by atoms with E-state index in [4.69, 9.17) is 32.7 Å². The summed E-state index contributed by atoms with van der Waals surface area (Å²) < 4.78 is 11.2. The zero-order valence-electron chi connectivity index (χ0n) is 18.6. The van der Waals surface area contributed by atoms with Gasteiger partial charge in [0.2, 0.25) is 0 Å². The molecule has 0 unspecified atom stereocenters. The lowest BCUT2D eigenvalue weighted by atomic mass is 10.1. The van der Waals surface area contributed by atoms with E-state index in [1.165, 1.54) is 13.3 Å². The molecule has 0 aliphatic rings. The molecule has 0 atom stereocenters. The van der Waals surface area contributed by atoms with Gasteiger partial charge in [-0.2, -0.15) is 5.10 Å². The molecule has 0 saturated carbocycles. The number of carbonyl (C=O) groups is 1. The van der Waals surface area contributed by atoms with Crippen molar-refractivity contribution < 1.29 is 14.3 Å². The van der Waals surface area contributed by atoms with Gasteiger partial charge in [-0.1, -0.05) is 77.3 Å². The molecule has 0 heterocycles. The maximum absolute atomic E-state index is 12.7. The van der Waals surface area contributed by atoms with Crippen molar-refractivity contribution in [3.05, 3.63) is 105 Å². The van der Waals surface area contributed by atoms with E-state index in [-0.39, 0.29) is 0 Å². The first-order chi connectivity index (χ1) is 16.4. The average Bonchev–Trinajstić information content (AvgIpc) is 2.82. The number of aryl methyl sites for hydroxylation is 1. The number of hydrazone groups is 1. The standard InChI is InChI=1S/C27H22Cl2N2O3/c1-17-6-5-7-18(10-17)16-34-26-23(28)11-19(12-24(26)29)15-30-31-27(32)22-13-20-8-3-4-9-21(20)14-25(22)33-2/h3-15H,16H2,1-2H3,(H,31,32). The van der Waals surface area contributed by atoms with E-state index in [0.29, 0.717) is 39.3 Å². The minimum atomic E-state index is -0.394. The molecule has 0 aliphatic carbocycles. The van der Waals surface area contributed by atoms with Crippen LogP contribution in [-0.4, -0.2) is 19.2 Å². The van der Waals surface area contributed by atoms with Crippen LogP contribution in [0.1, 0.15) is 27.0 Å². The third-order valence-corrected chi connectivity index (χ3v) is 5.74. The highest BCUT2D eigenvalue weighted by atomic mass is 35.5. The molecule has 0 aromatic heterocycles. The fraction of sp³-hybridized carbons (Fsp3) is 0.111. The average molecular weight is 493 g/mol. The second kappa shape index (κ2) is 10.6. The van der Waals surface area contributed by atoms with Gasteiger partial charge in [-0.3, -0.25) is 4.79 Å². The molecule has 4 aromatic rings. The molecule has 0 fully saturated rings. The Morgan fingerprint density at radius 1 is 0.971 bits per heavy atom. The van der Waals surface area contributed by atoms with Gasteiger partial charge in [0.05, 0.1) is 28.9 Å². The van der Waals surface area contributed by atoms with E-state index in [2.05, 4.69) is 10.5 Å². The third-order valence-electron chi connectivity index (χ3n) is 5.18. The Kier molecular flexibility index (Phi) is 7.36. The lowest BCUT2D eigenvalue weighted by molar-refractivity contribution is 0.0952. The lowest BCUT2D eigenvalue weighted by Crippen LogP contribution is -2.18. The summed E-state index contributed by atoms with van der Waals surface area (Å²) in [5.74, 6) is 0.466. The van der Waals surface area contributed by atoms with Gasteiger partial charge in [0.25, 0.3) is 5.91 Å². The van der Waals surface area contributed by atoms with Crippen molar-refractivity contribution in [3.63, 3.8) is 0 Å². The van der Waals surface area contributed by atoms with Crippen LogP contribution in [0.15, 0.2) is 77.9 Å². The summed E-state index contributed by atoms with van der Waals surface area (Å²) in [7, 11) is 1.52. The smallest absolute Gasteiger partial charge is 0.275 e. The van der Waals surface area contributed by atoms with Gasteiger partial charge in [-0.25, -0.2) is 5.43 Å². The summed E-state index contributed by atoms with van der Waals surface area (Å²) in [6, 6.07) is 22.7. The highest BCUT2D eigenvalue weighted by Crippen LogP contribution is 2.34. The predicted octanol–water partition coefficient (Wildman–Crippen LogP) is 6.81. The summed E-state index contributed by atoms with van der Waals surface area (Å²) in [5.41, 5.74) is 5.69. The first-order valence-corrected chi connectivity index (χ1v) is 11.3. The van der Waals surface area contributed by atoms with E-state index < -0.39 is 5.91 Å². The summed E-state index contributed by atoms with van der Waals surface area (Å²) >= 11 is 12.8. The SMILES string of the molecule is COc1cc2ccccc2cc1C(=O)NN=Cc1cc(Cl)c(OCc2cccc(C)c2)c(Cl)c1. The number of halogens is 2. The number of nitrogens with one attached hydrogen (secondary N) is 1. The van der Waals surface area contributed by atoms with Crippen molar-refractivity contribution in [1.82, 2.24) is 5.43 Å². The quantitative estimate of drug-likeness (QED) is 0.227. The van der Waals surface area contributed by atoms with Gasteiger partial charge in [0.1, 0.15) is 12.4 Å². The first kappa shape index (κ1) is 23.6. The molecule has 172 valence electrons. The molecule has 34 heavy (non-hydrogen) atoms. The van der Waals surface area contributed by atoms with Crippen molar-refractivity contribution in [2.45, 2.75) is 13.5 Å². The van der Waals surface area contributed by atoms with Crippen molar-refractivity contribution in [1.29, 1.82) is 0 Å². The number of methoxy groups -OCH3 is 1. The zero-order valence-corrected chi connectivity index (χ0v) is 20.2. The number of hydrogen-bond acceptors (Lipinski definition) is 4. The molecule has 0 radical (unpaired) electrons. The molecule has 0 bridgehead atoms. The molecule has 0 aliphatic heterocycles. The fourth-order valence-electron chi connectivity index (χ4n) is 3.54. The summed E-state index contributed by atoms with van der Waals surface area (Å²) in [4.78, 5) is 12.7. The van der Waals surface area contributed by atoms with Gasteiger partial charge in [-0.15, -0.1) is 0 Å². The maximum Gasteiger partial charge on any atom is 0.275 e. The van der Waals surface area contributed by atoms with Crippen molar-refractivity contribution in [3.8, 4) is 11.5 Å². The topological polar surface area (TPSA) is 59.9 Å². The molecule has 0 spiro atoms. The highest BCUT2D eigenvalue weighted by molar-refractivity contribution is 6.37. The van der Waals surface area contributed by atoms with Crippen LogP contribution in [0.2, 0.25) is 10.0 Å². The first-order valence-electron chi connectivity index (χ1n) is 10.5. The van der Waals surface area contributed by atoms with Crippen molar-refractivity contribution in [2.24, 2.45) is 5.10 Å². The van der Waals surface area contributed by atoms with Gasteiger partial charge in [0, 0.05) is 0 Å². The Morgan fingerprint density at radius 3 is 2.35 bits per heavy atom. The highest BCUT2D eigenvalue weighted by Gasteiger charge is 2.14. The Balaban J connectivity index is 1.45. The van der Waals surface area contributed by atoms with Crippen LogP contribution in [0.4, 0.5) is 0 Å². The van der Waals surface area contributed by atoms with Crippen molar-refractivity contribution >= 4 is 46.1 Å². The van der Waals surface area contributed by atoms with E-state index >= 15 is 0 Å². The van der Waals surface area contributed by atoms with Crippen LogP contribution in [0.3, 0.4) is 0 Å². The molecule has 4 aromatic carbocycles. The number of amides is 1. The molecule has 0 saturated heterocycles. The number of benzene rings is 4. The molecule has 1 amide bonds. The Morgan fingerprint density at radius 2 is 1.68 bits per heavy atom. The lowest BCUT2D eigenvalue weighted by Gasteiger charge is -2.11. The Labute approximate surface area is 207 Å². The molecule has 7 heteroatoms. The molecule has 5 nitrogen and oxygen atoms in total. The second-order valence-corrected chi connectivity index (χ2v) is 8.50. The van der Waals surface area contributed by atoms with E-state index in [1.54, 1.807) is 18.2 Å². The largest absolute Gasteiger partial charge is 0.496 e. The number of nitrogens with zero attached hydrogens (tertiary/aromatic N) is 1. The number of fused-ring (bicyclic) bond motifs is 1. The van der Waals surface area contributed by atoms with Gasteiger partial charge in [0.15, 0.2) is 5.75 Å². The Hall–Kier alpha value is -3.54. The van der Waals surface area contributed by atoms with Crippen LogP contribution in [0, 0.1) is 6.92 Å². The van der Waals surface area contributed by atoms with E-state index in [1.807, 2.05) is 61.5 Å². The maximum atomic E-state index is 12.7. The molecular formula is C27H22Cl2N2O3. The summed E-state index contributed by atoms with van der Waals surface area (Å²) in [5, 5.41) is 6.66. The molecule has 1 N–H and O–H groups in total. The van der Waals surface area contributed by atoms with E-state index in [9.17, 15) is 4.79 Å². The third kappa shape index (κ3) is 5.50. The minimum absolute atomic E-state index is 0.345. The molecule has 4 rings (SSSR count).